The Morgan fingerprint density at radius 2 is 1.03 bits per heavy atom. The van der Waals surface area contributed by atoms with Gasteiger partial charge in [0.15, 0.2) is 11.6 Å². The SMILES string of the molecule is C[SH](O)(Cc1cccc(Nc2ncc(F)c(-c3ccc(F)c4ccoc34)n2)c1)=NC#N.C[SH](O)(Cc1cccc(Nc2ncc(F)c(-c3ccc(F)c4ccoc34)n2)c1)=NC#N. The van der Waals surface area contributed by atoms with Gasteiger partial charge < -0.3 is 28.6 Å². The number of thiol groups is 2. The van der Waals surface area contributed by atoms with E-state index >= 15 is 0 Å². The third-order valence-corrected chi connectivity index (χ3v) is 11.9. The number of anilines is 4. The highest BCUT2D eigenvalue weighted by Gasteiger charge is 2.19. The fourth-order valence-electron chi connectivity index (χ4n) is 6.37. The van der Waals surface area contributed by atoms with Gasteiger partial charge in [-0.1, -0.05) is 44.5 Å². The van der Waals surface area contributed by atoms with Gasteiger partial charge in [-0.15, -0.1) is 8.73 Å². The minimum atomic E-state index is -2.73. The summed E-state index contributed by atoms with van der Waals surface area (Å²) in [4.78, 5) is 16.4. The lowest BCUT2D eigenvalue weighted by atomic mass is 10.1. The van der Waals surface area contributed by atoms with Gasteiger partial charge in [-0.25, -0.2) is 37.5 Å². The molecular weight excluding hydrogens is 849 g/mol. The Kier molecular flexibility index (Phi) is 12.5. The van der Waals surface area contributed by atoms with E-state index in [0.29, 0.717) is 22.5 Å². The maximum absolute atomic E-state index is 14.5. The van der Waals surface area contributed by atoms with Gasteiger partial charge in [0, 0.05) is 34.0 Å². The highest BCUT2D eigenvalue weighted by Crippen LogP contribution is 2.34. The van der Waals surface area contributed by atoms with E-state index in [1.54, 1.807) is 73.4 Å². The topological polar surface area (TPSA) is 215 Å². The summed E-state index contributed by atoms with van der Waals surface area (Å²) in [6.07, 6.45) is 11.1. The number of hydrogen-bond acceptors (Lipinski definition) is 12. The van der Waals surface area contributed by atoms with Crippen LogP contribution >= 0.6 is 0 Å². The van der Waals surface area contributed by atoms with Crippen molar-refractivity contribution in [1.82, 2.24) is 19.9 Å². The van der Waals surface area contributed by atoms with Crippen LogP contribution in [0.15, 0.2) is 127 Å². The molecular formula is C42H34F4N10O4S2. The second kappa shape index (κ2) is 18.1. The summed E-state index contributed by atoms with van der Waals surface area (Å²) in [5.74, 6) is -1.58. The minimum absolute atomic E-state index is 0.0321. The van der Waals surface area contributed by atoms with Gasteiger partial charge >= 0.3 is 0 Å². The van der Waals surface area contributed by atoms with Gasteiger partial charge in [0.1, 0.15) is 34.2 Å². The number of nitrogens with one attached hydrogen (secondary N) is 2. The lowest BCUT2D eigenvalue weighted by Crippen LogP contribution is -2.10. The van der Waals surface area contributed by atoms with Gasteiger partial charge in [0.25, 0.3) is 0 Å². The maximum atomic E-state index is 14.5. The first-order valence-corrected chi connectivity index (χ1v) is 22.9. The molecule has 0 saturated carbocycles. The zero-order chi connectivity index (χ0) is 44.0. The van der Waals surface area contributed by atoms with Crippen molar-refractivity contribution < 1.29 is 35.5 Å². The molecule has 4 heterocycles. The first-order chi connectivity index (χ1) is 29.7. The third kappa shape index (κ3) is 9.97. The van der Waals surface area contributed by atoms with Gasteiger partial charge in [-0.05, 0) is 84.3 Å². The summed E-state index contributed by atoms with van der Waals surface area (Å²) < 4.78 is 95.2. The fraction of sp³-hybridized carbons (Fsp3) is 0.0952. The first-order valence-electron chi connectivity index (χ1n) is 18.2. The quantitative estimate of drug-likeness (QED) is 0.0430. The lowest BCUT2D eigenvalue weighted by molar-refractivity contribution is 0.605. The molecule has 8 aromatic rings. The number of rotatable bonds is 10. The van der Waals surface area contributed by atoms with Crippen LogP contribution in [0.3, 0.4) is 0 Å². The predicted octanol–water partition coefficient (Wildman–Crippen LogP) is 10.1. The van der Waals surface area contributed by atoms with Crippen molar-refractivity contribution in [3.8, 4) is 34.9 Å². The molecule has 316 valence electrons. The Balaban J connectivity index is 0.000000186. The smallest absolute Gasteiger partial charge is 0.227 e. The van der Waals surface area contributed by atoms with Crippen molar-refractivity contribution in [2.45, 2.75) is 11.5 Å². The molecule has 0 radical (unpaired) electrons. The second-order valence-electron chi connectivity index (χ2n) is 13.8. The zero-order valence-corrected chi connectivity index (χ0v) is 34.3. The van der Waals surface area contributed by atoms with Crippen molar-refractivity contribution in [2.75, 3.05) is 23.1 Å². The Labute approximate surface area is 352 Å². The van der Waals surface area contributed by atoms with Crippen molar-refractivity contribution >= 4 is 65.4 Å². The van der Waals surface area contributed by atoms with E-state index in [9.17, 15) is 26.7 Å². The monoisotopic (exact) mass is 882 g/mol. The fourth-order valence-corrected chi connectivity index (χ4v) is 8.67. The average Bonchev–Trinajstić information content (AvgIpc) is 3.93. The normalized spacial score (nSPS) is 11.8. The molecule has 0 unspecified atom stereocenters. The highest BCUT2D eigenvalue weighted by atomic mass is 32.3. The van der Waals surface area contributed by atoms with Crippen molar-refractivity contribution in [3.05, 3.63) is 144 Å². The number of nitriles is 2. The molecule has 0 aliphatic carbocycles. The molecule has 62 heavy (non-hydrogen) atoms. The number of aromatic nitrogens is 4. The second-order valence-corrected chi connectivity index (χ2v) is 19.2. The minimum Gasteiger partial charge on any atom is -0.464 e. The molecule has 4 aromatic carbocycles. The van der Waals surface area contributed by atoms with Crippen molar-refractivity contribution in [2.24, 2.45) is 8.73 Å². The van der Waals surface area contributed by atoms with Crippen molar-refractivity contribution in [3.63, 3.8) is 0 Å². The zero-order valence-electron chi connectivity index (χ0n) is 32.5. The van der Waals surface area contributed by atoms with E-state index in [1.807, 2.05) is 0 Å². The summed E-state index contributed by atoms with van der Waals surface area (Å²) in [7, 11) is -5.46. The number of nitrogens with zero attached hydrogens (tertiary/aromatic N) is 8. The molecule has 4 aromatic heterocycles. The van der Waals surface area contributed by atoms with Gasteiger partial charge in [0.05, 0.1) is 35.7 Å². The molecule has 20 heteroatoms. The Morgan fingerprint density at radius 3 is 1.44 bits per heavy atom. The standard InChI is InChI=1S/2C21H17F2N5O2S/c2*1-31(29,26-12-24)11-13-3-2-4-14(9-13)27-21-25-10-18(23)19(28-21)16-5-6-17(22)15-7-8-30-20(15)16/h2*2-10,31H,11H2,1H3,(H,26,29)(H,25,27,28). The van der Waals surface area contributed by atoms with Crippen LogP contribution in [0.1, 0.15) is 11.1 Å². The maximum Gasteiger partial charge on any atom is 0.227 e. The molecule has 0 fully saturated rings. The average molecular weight is 883 g/mol. The molecule has 0 bridgehead atoms. The molecule has 0 aliphatic heterocycles. The van der Waals surface area contributed by atoms with Crippen LogP contribution in [0.2, 0.25) is 0 Å². The summed E-state index contributed by atoms with van der Waals surface area (Å²) in [5, 5.41) is 23.9. The van der Waals surface area contributed by atoms with Crippen LogP contribution in [-0.4, -0.2) is 41.6 Å². The van der Waals surface area contributed by atoms with E-state index in [-0.39, 0.29) is 56.7 Å². The molecule has 14 nitrogen and oxygen atoms in total. The third-order valence-electron chi connectivity index (χ3n) is 8.98. The van der Waals surface area contributed by atoms with Crippen LogP contribution in [0.4, 0.5) is 40.8 Å². The largest absolute Gasteiger partial charge is 0.464 e. The molecule has 0 aliphatic rings. The van der Waals surface area contributed by atoms with E-state index in [4.69, 9.17) is 19.4 Å². The molecule has 0 saturated heterocycles. The van der Waals surface area contributed by atoms with Crippen LogP contribution in [0.25, 0.3) is 44.5 Å². The Morgan fingerprint density at radius 1 is 0.613 bits per heavy atom. The summed E-state index contributed by atoms with van der Waals surface area (Å²) in [5.41, 5.74) is 3.67. The summed E-state index contributed by atoms with van der Waals surface area (Å²) in [6, 6.07) is 22.4. The molecule has 8 rings (SSSR count). The number of furan rings is 2. The summed E-state index contributed by atoms with van der Waals surface area (Å²) >= 11 is 0. The Hall–Kier alpha value is -7.36. The van der Waals surface area contributed by atoms with Gasteiger partial charge in [0.2, 0.25) is 24.3 Å². The van der Waals surface area contributed by atoms with Gasteiger partial charge in [-0.2, -0.15) is 10.5 Å². The lowest BCUT2D eigenvalue weighted by Gasteiger charge is -2.16. The Bertz CT molecular complexity index is 2960. The van der Waals surface area contributed by atoms with Crippen LogP contribution in [0, 0.1) is 46.2 Å². The predicted molar refractivity (Wildman–Crippen MR) is 232 cm³/mol. The molecule has 4 N–H and O–H groups in total. The van der Waals surface area contributed by atoms with E-state index < -0.39 is 43.5 Å². The van der Waals surface area contributed by atoms with E-state index in [2.05, 4.69) is 39.3 Å². The molecule has 0 atom stereocenters. The van der Waals surface area contributed by atoms with E-state index in [0.717, 1.165) is 23.5 Å². The number of fused-ring (bicyclic) bond motifs is 2. The van der Waals surface area contributed by atoms with Crippen LogP contribution < -0.4 is 10.6 Å². The van der Waals surface area contributed by atoms with Crippen LogP contribution in [0.5, 0.6) is 0 Å². The molecule has 0 amide bonds. The first kappa shape index (κ1) is 42.8. The number of halogens is 4. The van der Waals surface area contributed by atoms with E-state index in [1.165, 1.54) is 48.9 Å². The number of hydrogen-bond donors (Lipinski definition) is 6. The highest BCUT2D eigenvalue weighted by molar-refractivity contribution is 7.98. The molecule has 0 spiro atoms. The van der Waals surface area contributed by atoms with Crippen LogP contribution in [-0.2, 0) is 31.7 Å². The van der Waals surface area contributed by atoms with Gasteiger partial charge in [-0.3, -0.25) is 0 Å². The summed E-state index contributed by atoms with van der Waals surface area (Å²) in [6.45, 7) is 0. The van der Waals surface area contributed by atoms with Crippen molar-refractivity contribution in [1.29, 1.82) is 10.5 Å². The number of benzene rings is 4.